The van der Waals surface area contributed by atoms with Gasteiger partial charge in [0.2, 0.25) is 0 Å². The van der Waals surface area contributed by atoms with Crippen molar-refractivity contribution in [1.29, 1.82) is 0 Å². The molecule has 0 fully saturated rings. The maximum Gasteiger partial charge on any atom is 0.310 e. The third-order valence-corrected chi connectivity index (χ3v) is 3.89. The first-order valence-corrected chi connectivity index (χ1v) is 8.26. The summed E-state index contributed by atoms with van der Waals surface area (Å²) in [4.78, 5) is 23.3. The van der Waals surface area contributed by atoms with Crippen molar-refractivity contribution in [2.45, 2.75) is 25.9 Å². The topological polar surface area (TPSA) is 93.1 Å². The SMILES string of the molecule is CC(=O)Oc1cc(C)ccc1C(O)(CO)COC(=O)Cc1ccc(F)cc1. The Kier molecular flexibility index (Phi) is 6.65. The molecule has 2 N–H and O–H groups in total. The molecule has 27 heavy (non-hydrogen) atoms. The first-order chi connectivity index (χ1) is 12.7. The van der Waals surface area contributed by atoms with Crippen LogP contribution in [0.4, 0.5) is 4.39 Å². The maximum absolute atomic E-state index is 12.9. The van der Waals surface area contributed by atoms with E-state index in [-0.39, 0.29) is 17.7 Å². The van der Waals surface area contributed by atoms with E-state index in [9.17, 15) is 24.2 Å². The number of ether oxygens (including phenoxy) is 2. The van der Waals surface area contributed by atoms with E-state index < -0.39 is 36.6 Å². The van der Waals surface area contributed by atoms with Gasteiger partial charge in [-0.05, 0) is 36.2 Å². The van der Waals surface area contributed by atoms with Crippen LogP contribution in [0.3, 0.4) is 0 Å². The minimum Gasteiger partial charge on any atom is -0.462 e. The molecule has 6 nitrogen and oxygen atoms in total. The quantitative estimate of drug-likeness (QED) is 0.567. The number of rotatable bonds is 7. The van der Waals surface area contributed by atoms with Gasteiger partial charge < -0.3 is 19.7 Å². The van der Waals surface area contributed by atoms with Gasteiger partial charge >= 0.3 is 11.9 Å². The zero-order valence-electron chi connectivity index (χ0n) is 15.1. The van der Waals surface area contributed by atoms with Crippen LogP contribution in [0.1, 0.15) is 23.6 Å². The van der Waals surface area contributed by atoms with Crippen LogP contribution in [0.2, 0.25) is 0 Å². The second-order valence-electron chi connectivity index (χ2n) is 6.25. The smallest absolute Gasteiger partial charge is 0.310 e. The molecule has 2 aromatic carbocycles. The molecule has 0 spiro atoms. The van der Waals surface area contributed by atoms with Gasteiger partial charge in [0.15, 0.2) is 5.60 Å². The molecule has 0 aliphatic rings. The van der Waals surface area contributed by atoms with E-state index in [1.165, 1.54) is 43.3 Å². The lowest BCUT2D eigenvalue weighted by Crippen LogP contribution is -2.37. The molecule has 1 unspecified atom stereocenters. The van der Waals surface area contributed by atoms with Gasteiger partial charge in [0.05, 0.1) is 13.0 Å². The van der Waals surface area contributed by atoms with Crippen LogP contribution in [0.5, 0.6) is 5.75 Å². The Labute approximate surface area is 156 Å². The molecule has 0 amide bonds. The van der Waals surface area contributed by atoms with Crippen LogP contribution in [-0.4, -0.2) is 35.4 Å². The fourth-order valence-electron chi connectivity index (χ4n) is 2.48. The number of hydrogen-bond donors (Lipinski definition) is 2. The highest BCUT2D eigenvalue weighted by atomic mass is 19.1. The predicted molar refractivity (Wildman–Crippen MR) is 94.5 cm³/mol. The monoisotopic (exact) mass is 376 g/mol. The standard InChI is InChI=1S/C20H21FO6/c1-13-3-8-17(18(9-13)27-14(2)23)20(25,11-22)12-26-19(24)10-15-4-6-16(21)7-5-15/h3-9,22,25H,10-12H2,1-2H3. The molecule has 2 aromatic rings. The van der Waals surface area contributed by atoms with Crippen molar-refractivity contribution in [2.24, 2.45) is 0 Å². The second kappa shape index (κ2) is 8.75. The minimum absolute atomic E-state index is 0.0774. The van der Waals surface area contributed by atoms with Crippen molar-refractivity contribution < 1.29 is 33.7 Å². The molecule has 7 heteroatoms. The number of aliphatic hydroxyl groups is 2. The van der Waals surface area contributed by atoms with Gasteiger partial charge in [0, 0.05) is 12.5 Å². The molecule has 0 radical (unpaired) electrons. The summed E-state index contributed by atoms with van der Waals surface area (Å²) in [5.41, 5.74) is -0.495. The van der Waals surface area contributed by atoms with Gasteiger partial charge in [-0.3, -0.25) is 9.59 Å². The predicted octanol–water partition coefficient (Wildman–Crippen LogP) is 2.03. The van der Waals surface area contributed by atoms with Gasteiger partial charge in [0.1, 0.15) is 18.2 Å². The van der Waals surface area contributed by atoms with E-state index in [0.717, 1.165) is 5.56 Å². The molecular formula is C20H21FO6. The van der Waals surface area contributed by atoms with Crippen molar-refractivity contribution in [2.75, 3.05) is 13.2 Å². The summed E-state index contributed by atoms with van der Waals surface area (Å²) >= 11 is 0. The van der Waals surface area contributed by atoms with Gasteiger partial charge in [-0.2, -0.15) is 0 Å². The van der Waals surface area contributed by atoms with Gasteiger partial charge in [-0.15, -0.1) is 0 Å². The van der Waals surface area contributed by atoms with Crippen molar-refractivity contribution in [1.82, 2.24) is 0 Å². The van der Waals surface area contributed by atoms with Gasteiger partial charge in [-0.1, -0.05) is 24.3 Å². The summed E-state index contributed by atoms with van der Waals surface area (Å²) in [5, 5.41) is 20.4. The van der Waals surface area contributed by atoms with E-state index in [1.807, 2.05) is 0 Å². The van der Waals surface area contributed by atoms with Crippen LogP contribution in [0, 0.1) is 12.7 Å². The fourth-order valence-corrected chi connectivity index (χ4v) is 2.48. The molecule has 1 atom stereocenters. The normalized spacial score (nSPS) is 12.9. The third kappa shape index (κ3) is 5.60. The summed E-state index contributed by atoms with van der Waals surface area (Å²) < 4.78 is 23.1. The zero-order chi connectivity index (χ0) is 20.0. The Hall–Kier alpha value is -2.77. The molecule has 0 aromatic heterocycles. The highest BCUT2D eigenvalue weighted by Gasteiger charge is 2.34. The summed E-state index contributed by atoms with van der Waals surface area (Å²) in [5.74, 6) is -1.59. The molecule has 0 aliphatic heterocycles. The number of aryl methyl sites for hydroxylation is 1. The Bertz CT molecular complexity index is 818. The second-order valence-corrected chi connectivity index (χ2v) is 6.25. The minimum atomic E-state index is -1.95. The van der Waals surface area contributed by atoms with Gasteiger partial charge in [0.25, 0.3) is 0 Å². The number of hydrogen-bond acceptors (Lipinski definition) is 6. The first-order valence-electron chi connectivity index (χ1n) is 8.26. The van der Waals surface area contributed by atoms with Crippen LogP contribution >= 0.6 is 0 Å². The third-order valence-electron chi connectivity index (χ3n) is 3.89. The van der Waals surface area contributed by atoms with Gasteiger partial charge in [-0.25, -0.2) is 4.39 Å². The fraction of sp³-hybridized carbons (Fsp3) is 0.300. The van der Waals surface area contributed by atoms with E-state index in [1.54, 1.807) is 13.0 Å². The summed E-state index contributed by atoms with van der Waals surface area (Å²) in [6.07, 6.45) is -0.119. The first kappa shape index (κ1) is 20.5. The largest absolute Gasteiger partial charge is 0.462 e. The lowest BCUT2D eigenvalue weighted by atomic mass is 9.93. The molecule has 0 saturated carbocycles. The highest BCUT2D eigenvalue weighted by Crippen LogP contribution is 2.31. The van der Waals surface area contributed by atoms with Crippen LogP contribution < -0.4 is 4.74 Å². The van der Waals surface area contributed by atoms with Crippen molar-refractivity contribution in [3.8, 4) is 5.75 Å². The molecule has 0 saturated heterocycles. The van der Waals surface area contributed by atoms with Crippen molar-refractivity contribution >= 4 is 11.9 Å². The average Bonchev–Trinajstić information content (AvgIpc) is 2.61. The lowest BCUT2D eigenvalue weighted by Gasteiger charge is -2.27. The lowest BCUT2D eigenvalue weighted by molar-refractivity contribution is -0.154. The van der Waals surface area contributed by atoms with Crippen LogP contribution in [0.25, 0.3) is 0 Å². The average molecular weight is 376 g/mol. The van der Waals surface area contributed by atoms with E-state index >= 15 is 0 Å². The molecule has 144 valence electrons. The van der Waals surface area contributed by atoms with E-state index in [4.69, 9.17) is 9.47 Å². The highest BCUT2D eigenvalue weighted by molar-refractivity contribution is 5.72. The number of carbonyl (C=O) groups is 2. The van der Waals surface area contributed by atoms with Crippen molar-refractivity contribution in [3.05, 3.63) is 65.0 Å². The molecule has 2 rings (SSSR count). The maximum atomic E-state index is 12.9. The van der Waals surface area contributed by atoms with Crippen LogP contribution in [-0.2, 0) is 26.3 Å². The zero-order valence-corrected chi connectivity index (χ0v) is 15.1. The van der Waals surface area contributed by atoms with E-state index in [2.05, 4.69) is 0 Å². The van der Waals surface area contributed by atoms with E-state index in [0.29, 0.717) is 5.56 Å². The molecule has 0 aliphatic carbocycles. The Balaban J connectivity index is 2.13. The number of aliphatic hydroxyl groups excluding tert-OH is 1. The number of carbonyl (C=O) groups excluding carboxylic acids is 2. The number of benzene rings is 2. The molecule has 0 bridgehead atoms. The van der Waals surface area contributed by atoms with Crippen molar-refractivity contribution in [3.63, 3.8) is 0 Å². The Morgan fingerprint density at radius 3 is 2.41 bits per heavy atom. The van der Waals surface area contributed by atoms with Crippen LogP contribution in [0.15, 0.2) is 42.5 Å². The molecule has 0 heterocycles. The summed E-state index contributed by atoms with van der Waals surface area (Å²) in [7, 11) is 0. The summed E-state index contributed by atoms with van der Waals surface area (Å²) in [6.45, 7) is 1.69. The number of halogens is 1. The summed E-state index contributed by atoms with van der Waals surface area (Å²) in [6, 6.07) is 10.1. The molecular weight excluding hydrogens is 355 g/mol. The Morgan fingerprint density at radius 2 is 1.81 bits per heavy atom. The number of esters is 2. The Morgan fingerprint density at radius 1 is 1.15 bits per heavy atom.